The molecule has 1 aromatic carbocycles. The molecule has 1 heterocycles. The van der Waals surface area contributed by atoms with Gasteiger partial charge in [-0.25, -0.2) is 4.98 Å². The second-order valence-electron chi connectivity index (χ2n) is 3.61. The summed E-state index contributed by atoms with van der Waals surface area (Å²) < 4.78 is 43.7. The standard InChI is InChI=1S/C12H8ClF3N2OS/c1-20-11-17-9(13)6-10(18-11)19-8-5-3-2-4-7(8)12(14,15)16/h2-6H,1H3. The predicted molar refractivity (Wildman–Crippen MR) is 70.3 cm³/mol. The Bertz CT molecular complexity index is 622. The Balaban J connectivity index is 2.38. The van der Waals surface area contributed by atoms with E-state index in [1.54, 1.807) is 6.26 Å². The van der Waals surface area contributed by atoms with Crippen molar-refractivity contribution >= 4 is 23.4 Å². The summed E-state index contributed by atoms with van der Waals surface area (Å²) in [7, 11) is 0. The zero-order valence-corrected chi connectivity index (χ0v) is 11.7. The highest BCUT2D eigenvalue weighted by atomic mass is 35.5. The average Bonchev–Trinajstić information content (AvgIpc) is 2.37. The summed E-state index contributed by atoms with van der Waals surface area (Å²) in [4.78, 5) is 7.83. The van der Waals surface area contributed by atoms with Crippen LogP contribution in [0.25, 0.3) is 0 Å². The summed E-state index contributed by atoms with van der Waals surface area (Å²) in [6.45, 7) is 0. The van der Waals surface area contributed by atoms with Gasteiger partial charge < -0.3 is 4.74 Å². The van der Waals surface area contributed by atoms with Gasteiger partial charge in [-0.05, 0) is 18.4 Å². The third-order valence-corrected chi connectivity index (χ3v) is 2.98. The second-order valence-corrected chi connectivity index (χ2v) is 4.77. The van der Waals surface area contributed by atoms with E-state index < -0.39 is 11.7 Å². The van der Waals surface area contributed by atoms with Crippen molar-refractivity contribution in [1.29, 1.82) is 0 Å². The van der Waals surface area contributed by atoms with Crippen LogP contribution in [0.5, 0.6) is 11.6 Å². The van der Waals surface area contributed by atoms with Crippen molar-refractivity contribution in [2.75, 3.05) is 6.26 Å². The van der Waals surface area contributed by atoms with Crippen LogP contribution in [0.15, 0.2) is 35.5 Å². The van der Waals surface area contributed by atoms with Gasteiger partial charge in [-0.15, -0.1) is 0 Å². The Labute approximate surface area is 122 Å². The van der Waals surface area contributed by atoms with Gasteiger partial charge in [0, 0.05) is 6.07 Å². The zero-order chi connectivity index (χ0) is 14.8. The fourth-order valence-corrected chi connectivity index (χ4v) is 2.02. The highest BCUT2D eigenvalue weighted by Gasteiger charge is 2.34. The van der Waals surface area contributed by atoms with E-state index in [0.29, 0.717) is 5.16 Å². The van der Waals surface area contributed by atoms with Crippen molar-refractivity contribution in [3.63, 3.8) is 0 Å². The Morgan fingerprint density at radius 2 is 1.90 bits per heavy atom. The highest BCUT2D eigenvalue weighted by molar-refractivity contribution is 7.98. The summed E-state index contributed by atoms with van der Waals surface area (Å²) in [5.41, 5.74) is -0.875. The molecular formula is C12H8ClF3N2OS. The molecule has 8 heteroatoms. The number of benzene rings is 1. The SMILES string of the molecule is CSc1nc(Cl)cc(Oc2ccccc2C(F)(F)F)n1. The first-order chi connectivity index (χ1) is 9.40. The molecule has 0 unspecified atom stereocenters. The number of rotatable bonds is 3. The van der Waals surface area contributed by atoms with Crippen LogP contribution in [0.2, 0.25) is 5.15 Å². The quantitative estimate of drug-likeness (QED) is 0.468. The van der Waals surface area contributed by atoms with E-state index in [4.69, 9.17) is 16.3 Å². The fourth-order valence-electron chi connectivity index (χ4n) is 1.42. The van der Waals surface area contributed by atoms with Gasteiger partial charge in [-0.3, -0.25) is 0 Å². The van der Waals surface area contributed by atoms with Crippen LogP contribution in [0, 0.1) is 0 Å². The smallest absolute Gasteiger partial charge is 0.419 e. The molecule has 0 aliphatic heterocycles. The van der Waals surface area contributed by atoms with Crippen molar-refractivity contribution in [3.05, 3.63) is 41.0 Å². The molecule has 0 atom stereocenters. The van der Waals surface area contributed by atoms with E-state index in [0.717, 1.165) is 6.07 Å². The van der Waals surface area contributed by atoms with E-state index in [1.807, 2.05) is 0 Å². The minimum atomic E-state index is -4.50. The number of hydrogen-bond donors (Lipinski definition) is 0. The van der Waals surface area contributed by atoms with E-state index in [9.17, 15) is 13.2 Å². The first kappa shape index (κ1) is 14.9. The minimum Gasteiger partial charge on any atom is -0.438 e. The molecule has 1 aromatic heterocycles. The minimum absolute atomic E-state index is 0.0361. The van der Waals surface area contributed by atoms with Crippen molar-refractivity contribution in [2.24, 2.45) is 0 Å². The largest absolute Gasteiger partial charge is 0.438 e. The molecule has 2 rings (SSSR count). The van der Waals surface area contributed by atoms with Gasteiger partial charge in [0.1, 0.15) is 10.9 Å². The van der Waals surface area contributed by atoms with Crippen molar-refractivity contribution in [2.45, 2.75) is 11.3 Å². The third-order valence-electron chi connectivity index (χ3n) is 2.24. The third kappa shape index (κ3) is 3.55. The van der Waals surface area contributed by atoms with Gasteiger partial charge in [0.2, 0.25) is 5.88 Å². The molecule has 0 aliphatic rings. The molecule has 20 heavy (non-hydrogen) atoms. The van der Waals surface area contributed by atoms with Crippen molar-refractivity contribution in [3.8, 4) is 11.6 Å². The van der Waals surface area contributed by atoms with E-state index in [1.165, 1.54) is 36.0 Å². The number of halogens is 4. The van der Waals surface area contributed by atoms with Gasteiger partial charge in [0.15, 0.2) is 5.16 Å². The van der Waals surface area contributed by atoms with Crippen LogP contribution in [-0.2, 0) is 6.18 Å². The van der Waals surface area contributed by atoms with Crippen LogP contribution in [0.4, 0.5) is 13.2 Å². The zero-order valence-electron chi connectivity index (χ0n) is 10.1. The van der Waals surface area contributed by atoms with E-state index in [2.05, 4.69) is 9.97 Å². The molecule has 0 spiro atoms. The number of nitrogens with zero attached hydrogens (tertiary/aromatic N) is 2. The van der Waals surface area contributed by atoms with Gasteiger partial charge >= 0.3 is 6.18 Å². The molecular weight excluding hydrogens is 313 g/mol. The monoisotopic (exact) mass is 320 g/mol. The topological polar surface area (TPSA) is 35.0 Å². The molecule has 0 fully saturated rings. The average molecular weight is 321 g/mol. The molecule has 0 saturated carbocycles. The molecule has 0 bridgehead atoms. The molecule has 2 aromatic rings. The molecule has 0 N–H and O–H groups in total. The Kier molecular flexibility index (Phi) is 4.39. The normalized spacial score (nSPS) is 11.4. The predicted octanol–water partition coefficient (Wildman–Crippen LogP) is 4.66. The number of aromatic nitrogens is 2. The summed E-state index contributed by atoms with van der Waals surface area (Å²) in [5.74, 6) is -0.368. The van der Waals surface area contributed by atoms with Gasteiger partial charge in [0.05, 0.1) is 5.56 Å². The molecule has 0 aliphatic carbocycles. The lowest BCUT2D eigenvalue weighted by molar-refractivity contribution is -0.138. The molecule has 0 radical (unpaired) electrons. The van der Waals surface area contributed by atoms with Crippen LogP contribution in [0.3, 0.4) is 0 Å². The maximum atomic E-state index is 12.8. The first-order valence-electron chi connectivity index (χ1n) is 5.33. The number of alkyl halides is 3. The number of hydrogen-bond acceptors (Lipinski definition) is 4. The van der Waals surface area contributed by atoms with Crippen LogP contribution in [0.1, 0.15) is 5.56 Å². The van der Waals surface area contributed by atoms with Crippen LogP contribution in [-0.4, -0.2) is 16.2 Å². The van der Waals surface area contributed by atoms with E-state index >= 15 is 0 Å². The van der Waals surface area contributed by atoms with E-state index in [-0.39, 0.29) is 16.8 Å². The molecule has 0 amide bonds. The second kappa shape index (κ2) is 5.88. The highest BCUT2D eigenvalue weighted by Crippen LogP contribution is 2.37. The number of para-hydroxylation sites is 1. The molecule has 3 nitrogen and oxygen atoms in total. The summed E-state index contributed by atoms with van der Waals surface area (Å²) >= 11 is 6.97. The molecule has 0 saturated heterocycles. The lowest BCUT2D eigenvalue weighted by atomic mass is 10.2. The maximum Gasteiger partial charge on any atom is 0.419 e. The maximum absolute atomic E-state index is 12.8. The lowest BCUT2D eigenvalue weighted by Gasteiger charge is -2.13. The van der Waals surface area contributed by atoms with Gasteiger partial charge in [-0.2, -0.15) is 18.2 Å². The van der Waals surface area contributed by atoms with Crippen molar-refractivity contribution in [1.82, 2.24) is 9.97 Å². The van der Waals surface area contributed by atoms with Gasteiger partial charge in [-0.1, -0.05) is 35.5 Å². The number of ether oxygens (including phenoxy) is 1. The summed E-state index contributed by atoms with van der Waals surface area (Å²) in [6.07, 6.45) is -2.78. The van der Waals surface area contributed by atoms with Gasteiger partial charge in [0.25, 0.3) is 0 Å². The number of thioether (sulfide) groups is 1. The lowest BCUT2D eigenvalue weighted by Crippen LogP contribution is -2.07. The summed E-state index contributed by atoms with van der Waals surface area (Å²) in [6, 6.07) is 6.15. The van der Waals surface area contributed by atoms with Crippen LogP contribution >= 0.6 is 23.4 Å². The van der Waals surface area contributed by atoms with Crippen LogP contribution < -0.4 is 4.74 Å². The fraction of sp³-hybridized carbons (Fsp3) is 0.167. The first-order valence-corrected chi connectivity index (χ1v) is 6.93. The Morgan fingerprint density at radius 3 is 2.55 bits per heavy atom. The van der Waals surface area contributed by atoms with Crippen molar-refractivity contribution < 1.29 is 17.9 Å². The Hall–Kier alpha value is -1.47. The molecule has 106 valence electrons. The summed E-state index contributed by atoms with van der Waals surface area (Å²) in [5, 5.41) is 0.417. The Morgan fingerprint density at radius 1 is 1.20 bits per heavy atom.